The number of nitrogens with two attached hydrogens (primary N) is 1. The lowest BCUT2D eigenvalue weighted by Gasteiger charge is -2.02. The number of amides is 1. The zero-order valence-electron chi connectivity index (χ0n) is 4.72. The summed E-state index contributed by atoms with van der Waals surface area (Å²) in [6.07, 6.45) is -0.664. The van der Waals surface area contributed by atoms with E-state index in [-0.39, 0.29) is 6.54 Å². The summed E-state index contributed by atoms with van der Waals surface area (Å²) in [5.41, 5.74) is 4.73. The van der Waals surface area contributed by atoms with Gasteiger partial charge in [0, 0.05) is 0 Å². The number of primary amides is 1. The lowest BCUT2D eigenvalue weighted by molar-refractivity contribution is -0.117. The van der Waals surface area contributed by atoms with Gasteiger partial charge in [-0.1, -0.05) is 0 Å². The molecule has 8 heavy (non-hydrogen) atoms. The quantitative estimate of drug-likeness (QED) is 0.391. The van der Waals surface area contributed by atoms with E-state index >= 15 is 0 Å². The summed E-state index contributed by atoms with van der Waals surface area (Å²) in [4.78, 5) is 9.95. The van der Waals surface area contributed by atoms with E-state index < -0.39 is 12.1 Å². The van der Waals surface area contributed by atoms with Crippen LogP contribution < -0.4 is 11.1 Å². The Hall–Kier alpha value is -0.610. The van der Waals surface area contributed by atoms with E-state index in [1.54, 1.807) is 0 Å². The van der Waals surface area contributed by atoms with Crippen molar-refractivity contribution in [2.45, 2.75) is 13.2 Å². The fourth-order valence-electron chi connectivity index (χ4n) is 0.248. The zero-order valence-corrected chi connectivity index (χ0v) is 4.72. The van der Waals surface area contributed by atoms with Crippen LogP contribution in [0.1, 0.15) is 6.92 Å². The molecule has 0 heterocycles. The minimum Gasteiger partial charge on any atom is -0.379 e. The van der Waals surface area contributed by atoms with Crippen LogP contribution >= 0.6 is 0 Å². The Bertz CT molecular complexity index is 82.1. The van der Waals surface area contributed by atoms with E-state index in [9.17, 15) is 4.79 Å². The minimum absolute atomic E-state index is 0.0255. The van der Waals surface area contributed by atoms with Gasteiger partial charge in [-0.3, -0.25) is 10.1 Å². The van der Waals surface area contributed by atoms with Crippen LogP contribution in [0.5, 0.6) is 0 Å². The van der Waals surface area contributed by atoms with Crippen molar-refractivity contribution in [2.24, 2.45) is 5.73 Å². The first kappa shape index (κ1) is 7.39. The first-order valence-electron chi connectivity index (χ1n) is 2.32. The molecular weight excluding hydrogens is 108 g/mol. The van der Waals surface area contributed by atoms with Crippen LogP contribution in [0.3, 0.4) is 0 Å². The summed E-state index contributed by atoms with van der Waals surface area (Å²) in [5.74, 6) is -0.467. The van der Waals surface area contributed by atoms with E-state index in [0.29, 0.717) is 0 Å². The summed E-state index contributed by atoms with van der Waals surface area (Å²) in [5, 5.41) is 10.9. The van der Waals surface area contributed by atoms with E-state index in [0.717, 1.165) is 0 Å². The highest BCUT2D eigenvalue weighted by Crippen LogP contribution is 1.66. The Kier molecular flexibility index (Phi) is 3.14. The molecule has 0 bridgehead atoms. The van der Waals surface area contributed by atoms with Crippen LogP contribution in [0.2, 0.25) is 0 Å². The molecule has 0 radical (unpaired) electrons. The van der Waals surface area contributed by atoms with Gasteiger partial charge < -0.3 is 10.8 Å². The molecule has 4 nitrogen and oxygen atoms in total. The summed E-state index contributed by atoms with van der Waals surface area (Å²) < 4.78 is 0. The molecule has 0 fully saturated rings. The molecule has 0 aromatic carbocycles. The van der Waals surface area contributed by atoms with Crippen molar-refractivity contribution in [2.75, 3.05) is 6.54 Å². The molecule has 1 amide bonds. The highest BCUT2D eigenvalue weighted by molar-refractivity contribution is 5.75. The number of aliphatic hydroxyl groups excluding tert-OH is 1. The molecular formula is C4H10N2O2. The standard InChI is InChI=1S/C4H10N2O2/c1-3(7)6-2-4(5)8/h3,6-7H,2H2,1H3,(H2,5,8)/t3-/m0/s1. The van der Waals surface area contributed by atoms with E-state index in [2.05, 4.69) is 5.32 Å². The third-order valence-electron chi connectivity index (χ3n) is 0.572. The molecule has 0 saturated carbocycles. The molecule has 0 rings (SSSR count). The van der Waals surface area contributed by atoms with Gasteiger partial charge in [-0.25, -0.2) is 0 Å². The van der Waals surface area contributed by atoms with Crippen molar-refractivity contribution in [3.05, 3.63) is 0 Å². The maximum atomic E-state index is 9.95. The van der Waals surface area contributed by atoms with E-state index in [1.807, 2.05) is 0 Å². The maximum absolute atomic E-state index is 9.95. The van der Waals surface area contributed by atoms with Crippen molar-refractivity contribution in [1.29, 1.82) is 0 Å². The fourth-order valence-corrected chi connectivity index (χ4v) is 0.248. The average Bonchev–Trinajstić information content (AvgIpc) is 1.61. The van der Waals surface area contributed by atoms with Gasteiger partial charge in [-0.05, 0) is 6.92 Å². The minimum atomic E-state index is -0.664. The van der Waals surface area contributed by atoms with Gasteiger partial charge in [0.1, 0.15) is 6.23 Å². The maximum Gasteiger partial charge on any atom is 0.231 e. The lowest BCUT2D eigenvalue weighted by atomic mass is 10.5. The first-order chi connectivity index (χ1) is 3.63. The predicted octanol–water partition coefficient (Wildman–Crippen LogP) is -1.60. The summed E-state index contributed by atoms with van der Waals surface area (Å²) in [6.45, 7) is 1.54. The molecule has 0 aliphatic carbocycles. The SMILES string of the molecule is C[C@H](O)NCC(N)=O. The summed E-state index contributed by atoms with van der Waals surface area (Å²) in [6, 6.07) is 0. The van der Waals surface area contributed by atoms with Gasteiger partial charge in [-0.2, -0.15) is 0 Å². The molecule has 4 N–H and O–H groups in total. The van der Waals surface area contributed by atoms with Crippen molar-refractivity contribution >= 4 is 5.91 Å². The number of carbonyl (C=O) groups is 1. The first-order valence-corrected chi connectivity index (χ1v) is 2.32. The summed E-state index contributed by atoms with van der Waals surface area (Å²) in [7, 11) is 0. The van der Waals surface area contributed by atoms with E-state index in [1.165, 1.54) is 6.92 Å². The largest absolute Gasteiger partial charge is 0.379 e. The zero-order chi connectivity index (χ0) is 6.57. The lowest BCUT2D eigenvalue weighted by Crippen LogP contribution is -2.34. The normalized spacial score (nSPS) is 13.2. The Labute approximate surface area is 47.7 Å². The second-order valence-electron chi connectivity index (χ2n) is 1.52. The van der Waals surface area contributed by atoms with Gasteiger partial charge >= 0.3 is 0 Å². The third kappa shape index (κ3) is 5.39. The Morgan fingerprint density at radius 2 is 2.50 bits per heavy atom. The second kappa shape index (κ2) is 3.40. The molecule has 0 saturated heterocycles. The van der Waals surface area contributed by atoms with Gasteiger partial charge in [0.05, 0.1) is 6.54 Å². The second-order valence-corrected chi connectivity index (χ2v) is 1.52. The number of hydrogen-bond donors (Lipinski definition) is 3. The molecule has 4 heteroatoms. The number of nitrogens with one attached hydrogen (secondary N) is 1. The predicted molar refractivity (Wildman–Crippen MR) is 28.9 cm³/mol. The van der Waals surface area contributed by atoms with Crippen molar-refractivity contribution < 1.29 is 9.90 Å². The number of rotatable bonds is 3. The van der Waals surface area contributed by atoms with Crippen LogP contribution in [-0.2, 0) is 4.79 Å². The molecule has 1 atom stereocenters. The van der Waals surface area contributed by atoms with Gasteiger partial charge in [0.25, 0.3) is 0 Å². The van der Waals surface area contributed by atoms with Crippen LogP contribution in [-0.4, -0.2) is 23.8 Å². The molecule has 0 unspecified atom stereocenters. The van der Waals surface area contributed by atoms with Crippen LogP contribution in [0.15, 0.2) is 0 Å². The Morgan fingerprint density at radius 3 is 2.62 bits per heavy atom. The monoisotopic (exact) mass is 118 g/mol. The van der Waals surface area contributed by atoms with Crippen LogP contribution in [0.4, 0.5) is 0 Å². The summed E-state index contributed by atoms with van der Waals surface area (Å²) >= 11 is 0. The molecule has 0 aromatic heterocycles. The van der Waals surface area contributed by atoms with Crippen molar-refractivity contribution in [1.82, 2.24) is 5.32 Å². The molecule has 48 valence electrons. The van der Waals surface area contributed by atoms with Gasteiger partial charge in [-0.15, -0.1) is 0 Å². The van der Waals surface area contributed by atoms with Crippen molar-refractivity contribution in [3.63, 3.8) is 0 Å². The molecule has 0 aliphatic rings. The molecule has 0 aliphatic heterocycles. The highest BCUT2D eigenvalue weighted by atomic mass is 16.3. The third-order valence-corrected chi connectivity index (χ3v) is 0.572. The molecule has 0 spiro atoms. The average molecular weight is 118 g/mol. The van der Waals surface area contributed by atoms with Crippen LogP contribution in [0, 0.1) is 0 Å². The van der Waals surface area contributed by atoms with Gasteiger partial charge in [0.15, 0.2) is 0 Å². The fraction of sp³-hybridized carbons (Fsp3) is 0.750. The van der Waals surface area contributed by atoms with E-state index in [4.69, 9.17) is 10.8 Å². The topological polar surface area (TPSA) is 75.3 Å². The van der Waals surface area contributed by atoms with Crippen LogP contribution in [0.25, 0.3) is 0 Å². The van der Waals surface area contributed by atoms with Crippen molar-refractivity contribution in [3.8, 4) is 0 Å². The molecule has 0 aromatic rings. The van der Waals surface area contributed by atoms with Gasteiger partial charge in [0.2, 0.25) is 5.91 Å². The smallest absolute Gasteiger partial charge is 0.231 e. The number of hydrogen-bond acceptors (Lipinski definition) is 3. The Morgan fingerprint density at radius 1 is 2.00 bits per heavy atom. The number of carbonyl (C=O) groups excluding carboxylic acids is 1. The number of aliphatic hydroxyl groups is 1. The Balaban J connectivity index is 3.05. The highest BCUT2D eigenvalue weighted by Gasteiger charge is 1.94.